The van der Waals surface area contributed by atoms with E-state index in [4.69, 9.17) is 9.47 Å². The van der Waals surface area contributed by atoms with E-state index in [2.05, 4.69) is 9.72 Å². The largest absolute Gasteiger partial charge is 0.493 e. The van der Waals surface area contributed by atoms with Crippen LogP contribution in [0.1, 0.15) is 23.3 Å². The molecule has 5 nitrogen and oxygen atoms in total. The molecule has 5 heteroatoms. The molecule has 0 atom stereocenters. The van der Waals surface area contributed by atoms with Crippen molar-refractivity contribution in [2.45, 2.75) is 12.8 Å². The third-order valence-corrected chi connectivity index (χ3v) is 2.62. The first-order valence-corrected chi connectivity index (χ1v) is 5.49. The average Bonchev–Trinajstić information content (AvgIpc) is 3.19. The highest BCUT2D eigenvalue weighted by molar-refractivity contribution is 5.87. The van der Waals surface area contributed by atoms with Gasteiger partial charge in [-0.15, -0.1) is 0 Å². The van der Waals surface area contributed by atoms with Gasteiger partial charge in [-0.25, -0.2) is 9.78 Å². The van der Waals surface area contributed by atoms with Crippen LogP contribution in [0.5, 0.6) is 11.5 Å². The van der Waals surface area contributed by atoms with Crippen molar-refractivity contribution in [3.8, 4) is 11.5 Å². The SMILES string of the molecule is COC(=O)c1cc(OC)c(OCC2CC2)cn1. The van der Waals surface area contributed by atoms with Crippen molar-refractivity contribution >= 4 is 5.97 Å². The quantitative estimate of drug-likeness (QED) is 0.729. The Labute approximate surface area is 99.7 Å². The number of hydrogen-bond donors (Lipinski definition) is 0. The molecule has 1 aromatic heterocycles. The summed E-state index contributed by atoms with van der Waals surface area (Å²) in [5, 5.41) is 0. The van der Waals surface area contributed by atoms with Crippen molar-refractivity contribution in [3.05, 3.63) is 18.0 Å². The molecule has 0 saturated heterocycles. The van der Waals surface area contributed by atoms with Crippen molar-refractivity contribution in [1.82, 2.24) is 4.98 Å². The Morgan fingerprint density at radius 1 is 1.41 bits per heavy atom. The molecule has 2 rings (SSSR count). The third-order valence-electron chi connectivity index (χ3n) is 2.62. The molecule has 1 saturated carbocycles. The van der Waals surface area contributed by atoms with Crippen molar-refractivity contribution in [2.75, 3.05) is 20.8 Å². The maximum absolute atomic E-state index is 11.3. The van der Waals surface area contributed by atoms with Gasteiger partial charge in [0.15, 0.2) is 17.2 Å². The van der Waals surface area contributed by atoms with E-state index >= 15 is 0 Å². The summed E-state index contributed by atoms with van der Waals surface area (Å²) < 4.78 is 15.3. The van der Waals surface area contributed by atoms with Crippen LogP contribution in [0.15, 0.2) is 12.3 Å². The van der Waals surface area contributed by atoms with Gasteiger partial charge in [-0.3, -0.25) is 0 Å². The molecular weight excluding hydrogens is 222 g/mol. The van der Waals surface area contributed by atoms with Crippen LogP contribution in [0.25, 0.3) is 0 Å². The van der Waals surface area contributed by atoms with E-state index in [1.807, 2.05) is 0 Å². The van der Waals surface area contributed by atoms with Crippen LogP contribution < -0.4 is 9.47 Å². The van der Waals surface area contributed by atoms with Gasteiger partial charge in [0.05, 0.1) is 27.0 Å². The van der Waals surface area contributed by atoms with Crippen molar-refractivity contribution in [3.63, 3.8) is 0 Å². The standard InChI is InChI=1S/C12H15NO4/c1-15-10-5-9(12(14)16-2)13-6-11(10)17-7-8-3-4-8/h5-6,8H,3-4,7H2,1-2H3. The monoisotopic (exact) mass is 237 g/mol. The Bertz CT molecular complexity index is 415. The smallest absolute Gasteiger partial charge is 0.356 e. The first-order valence-electron chi connectivity index (χ1n) is 5.49. The number of ether oxygens (including phenoxy) is 3. The fourth-order valence-corrected chi connectivity index (χ4v) is 1.40. The van der Waals surface area contributed by atoms with Gasteiger partial charge in [0, 0.05) is 6.07 Å². The fraction of sp³-hybridized carbons (Fsp3) is 0.500. The second-order valence-electron chi connectivity index (χ2n) is 3.97. The molecule has 0 radical (unpaired) electrons. The molecular formula is C12H15NO4. The zero-order valence-corrected chi connectivity index (χ0v) is 9.93. The number of methoxy groups -OCH3 is 2. The number of esters is 1. The molecule has 0 amide bonds. The molecule has 0 spiro atoms. The van der Waals surface area contributed by atoms with Crippen molar-refractivity contribution in [1.29, 1.82) is 0 Å². The predicted octanol–water partition coefficient (Wildman–Crippen LogP) is 1.67. The first-order chi connectivity index (χ1) is 8.24. The molecule has 17 heavy (non-hydrogen) atoms. The second kappa shape index (κ2) is 5.03. The zero-order chi connectivity index (χ0) is 12.3. The van der Waals surface area contributed by atoms with Gasteiger partial charge >= 0.3 is 5.97 Å². The molecule has 0 bridgehead atoms. The first kappa shape index (κ1) is 11.7. The van der Waals surface area contributed by atoms with Gasteiger partial charge in [-0.1, -0.05) is 0 Å². The van der Waals surface area contributed by atoms with E-state index in [0.717, 1.165) is 0 Å². The van der Waals surface area contributed by atoms with Crippen LogP contribution >= 0.6 is 0 Å². The number of rotatable bonds is 5. The normalized spacial score (nSPS) is 14.2. The van der Waals surface area contributed by atoms with Crippen molar-refractivity contribution < 1.29 is 19.0 Å². The Morgan fingerprint density at radius 2 is 2.18 bits per heavy atom. The van der Waals surface area contributed by atoms with Crippen LogP contribution in [0.2, 0.25) is 0 Å². The maximum Gasteiger partial charge on any atom is 0.356 e. The molecule has 1 fully saturated rings. The number of carbonyl (C=O) groups is 1. The minimum Gasteiger partial charge on any atom is -0.493 e. The lowest BCUT2D eigenvalue weighted by Gasteiger charge is -2.10. The Balaban J connectivity index is 2.11. The van der Waals surface area contributed by atoms with E-state index in [-0.39, 0.29) is 5.69 Å². The number of nitrogens with zero attached hydrogens (tertiary/aromatic N) is 1. The average molecular weight is 237 g/mol. The summed E-state index contributed by atoms with van der Waals surface area (Å²) in [7, 11) is 2.84. The van der Waals surface area contributed by atoms with Gasteiger partial charge in [-0.2, -0.15) is 0 Å². The van der Waals surface area contributed by atoms with Gasteiger partial charge in [0.1, 0.15) is 0 Å². The molecule has 1 heterocycles. The molecule has 1 aromatic rings. The Hall–Kier alpha value is -1.78. The van der Waals surface area contributed by atoms with Gasteiger partial charge in [0.2, 0.25) is 0 Å². The van der Waals surface area contributed by atoms with Crippen LogP contribution in [-0.4, -0.2) is 31.8 Å². The molecule has 0 aliphatic heterocycles. The molecule has 92 valence electrons. The predicted molar refractivity (Wildman–Crippen MR) is 60.3 cm³/mol. The van der Waals surface area contributed by atoms with Gasteiger partial charge in [-0.05, 0) is 18.8 Å². The summed E-state index contributed by atoms with van der Waals surface area (Å²) in [6.07, 6.45) is 3.93. The van der Waals surface area contributed by atoms with Crippen molar-refractivity contribution in [2.24, 2.45) is 5.92 Å². The summed E-state index contributed by atoms with van der Waals surface area (Å²) in [5.41, 5.74) is 0.211. The van der Waals surface area contributed by atoms with E-state index < -0.39 is 5.97 Å². The van der Waals surface area contributed by atoms with Gasteiger partial charge < -0.3 is 14.2 Å². The highest BCUT2D eigenvalue weighted by atomic mass is 16.5. The van der Waals surface area contributed by atoms with Crippen LogP contribution in [0.3, 0.4) is 0 Å². The minimum atomic E-state index is -0.489. The minimum absolute atomic E-state index is 0.211. The molecule has 1 aliphatic rings. The summed E-state index contributed by atoms with van der Waals surface area (Å²) in [6.45, 7) is 0.676. The third kappa shape index (κ3) is 2.87. The summed E-state index contributed by atoms with van der Waals surface area (Å²) in [4.78, 5) is 15.3. The summed E-state index contributed by atoms with van der Waals surface area (Å²) in [6, 6.07) is 1.52. The molecule has 1 aliphatic carbocycles. The maximum atomic E-state index is 11.3. The van der Waals surface area contributed by atoms with Crippen LogP contribution in [0.4, 0.5) is 0 Å². The summed E-state index contributed by atoms with van der Waals surface area (Å²) in [5.74, 6) is 1.23. The summed E-state index contributed by atoms with van der Waals surface area (Å²) >= 11 is 0. The van der Waals surface area contributed by atoms with E-state index in [0.29, 0.717) is 24.0 Å². The number of hydrogen-bond acceptors (Lipinski definition) is 5. The second-order valence-corrected chi connectivity index (χ2v) is 3.97. The highest BCUT2D eigenvalue weighted by Gasteiger charge is 2.23. The number of aromatic nitrogens is 1. The lowest BCUT2D eigenvalue weighted by molar-refractivity contribution is 0.0593. The lowest BCUT2D eigenvalue weighted by atomic mass is 10.3. The van der Waals surface area contributed by atoms with E-state index in [9.17, 15) is 4.79 Å². The van der Waals surface area contributed by atoms with Crippen LogP contribution in [0, 0.1) is 5.92 Å². The number of pyridine rings is 1. The van der Waals surface area contributed by atoms with Gasteiger partial charge in [0.25, 0.3) is 0 Å². The molecule has 0 aromatic carbocycles. The van der Waals surface area contributed by atoms with Crippen LogP contribution in [-0.2, 0) is 4.74 Å². The highest BCUT2D eigenvalue weighted by Crippen LogP contribution is 2.32. The lowest BCUT2D eigenvalue weighted by Crippen LogP contribution is -2.06. The topological polar surface area (TPSA) is 57.7 Å². The van der Waals surface area contributed by atoms with E-state index in [1.54, 1.807) is 0 Å². The Kier molecular flexibility index (Phi) is 3.46. The zero-order valence-electron chi connectivity index (χ0n) is 9.93. The van der Waals surface area contributed by atoms with E-state index in [1.165, 1.54) is 39.3 Å². The molecule has 0 unspecified atom stereocenters. The number of carbonyl (C=O) groups excluding carboxylic acids is 1. The Morgan fingerprint density at radius 3 is 2.76 bits per heavy atom. The molecule has 0 N–H and O–H groups in total. The fourth-order valence-electron chi connectivity index (χ4n) is 1.40.